The summed E-state index contributed by atoms with van der Waals surface area (Å²) in [5.41, 5.74) is 1.05. The molecule has 0 aliphatic carbocycles. The van der Waals surface area contributed by atoms with Crippen molar-refractivity contribution in [2.45, 2.75) is 38.8 Å². The number of nitrogens with one attached hydrogen (secondary N) is 1. The van der Waals surface area contributed by atoms with Gasteiger partial charge in [0.05, 0.1) is 13.2 Å². The van der Waals surface area contributed by atoms with Gasteiger partial charge in [0, 0.05) is 0 Å². The van der Waals surface area contributed by atoms with Crippen LogP contribution in [0.3, 0.4) is 0 Å². The van der Waals surface area contributed by atoms with E-state index in [0.717, 1.165) is 28.5 Å². The zero-order valence-corrected chi connectivity index (χ0v) is 16.6. The molecule has 0 saturated heterocycles. The summed E-state index contributed by atoms with van der Waals surface area (Å²) in [5, 5.41) is 5.37. The molecule has 3 aromatic carbocycles. The summed E-state index contributed by atoms with van der Waals surface area (Å²) in [6.45, 7) is 4.01. The van der Waals surface area contributed by atoms with Crippen LogP contribution in [-0.4, -0.2) is 19.1 Å². The van der Waals surface area contributed by atoms with Gasteiger partial charge in [-0.05, 0) is 53.4 Å². The lowest BCUT2D eigenvalue weighted by Gasteiger charge is -2.22. The Labute approximate surface area is 166 Å². The number of rotatable bonds is 8. The van der Waals surface area contributed by atoms with Crippen molar-refractivity contribution >= 4 is 16.7 Å². The summed E-state index contributed by atoms with van der Waals surface area (Å²) >= 11 is 0. The molecule has 0 aliphatic heterocycles. The summed E-state index contributed by atoms with van der Waals surface area (Å²) < 4.78 is 11.2. The number of carbonyl (C=O) groups excluding carboxylic acids is 1. The molecule has 3 rings (SSSR count). The van der Waals surface area contributed by atoms with Crippen LogP contribution in [-0.2, 0) is 4.79 Å². The number of benzene rings is 3. The van der Waals surface area contributed by atoms with Crippen LogP contribution in [0.1, 0.15) is 38.3 Å². The highest BCUT2D eigenvalue weighted by molar-refractivity contribution is 5.84. The largest absolute Gasteiger partial charge is 0.497 e. The Balaban J connectivity index is 1.70. The van der Waals surface area contributed by atoms with Gasteiger partial charge >= 0.3 is 0 Å². The Morgan fingerprint density at radius 3 is 2.21 bits per heavy atom. The molecular weight excluding hydrogens is 350 g/mol. The molecule has 4 heteroatoms. The lowest BCUT2D eigenvalue weighted by atomic mass is 10.0. The molecule has 28 heavy (non-hydrogen) atoms. The monoisotopic (exact) mass is 377 g/mol. The van der Waals surface area contributed by atoms with Crippen molar-refractivity contribution in [1.82, 2.24) is 5.32 Å². The fourth-order valence-corrected chi connectivity index (χ4v) is 3.25. The van der Waals surface area contributed by atoms with Crippen LogP contribution in [0, 0.1) is 0 Å². The number of fused-ring (bicyclic) bond motifs is 1. The predicted molar refractivity (Wildman–Crippen MR) is 113 cm³/mol. The number of hydrogen-bond acceptors (Lipinski definition) is 3. The van der Waals surface area contributed by atoms with Crippen molar-refractivity contribution < 1.29 is 14.3 Å². The highest BCUT2D eigenvalue weighted by Gasteiger charge is 2.22. The van der Waals surface area contributed by atoms with Gasteiger partial charge in [-0.3, -0.25) is 4.79 Å². The number of amides is 1. The fraction of sp³-hybridized carbons (Fsp3) is 0.292. The average molecular weight is 377 g/mol. The van der Waals surface area contributed by atoms with Gasteiger partial charge in [0.1, 0.15) is 11.5 Å². The second kappa shape index (κ2) is 9.27. The van der Waals surface area contributed by atoms with Crippen LogP contribution in [0.2, 0.25) is 0 Å². The summed E-state index contributed by atoms with van der Waals surface area (Å²) in [7, 11) is 1.64. The Morgan fingerprint density at radius 1 is 0.893 bits per heavy atom. The minimum atomic E-state index is -0.534. The number of hydrogen-bond donors (Lipinski definition) is 1. The van der Waals surface area contributed by atoms with Gasteiger partial charge in [0.25, 0.3) is 5.91 Å². The normalized spacial score (nSPS) is 13.0. The van der Waals surface area contributed by atoms with Gasteiger partial charge < -0.3 is 14.8 Å². The molecule has 1 N–H and O–H groups in total. The molecule has 0 bridgehead atoms. The van der Waals surface area contributed by atoms with E-state index in [-0.39, 0.29) is 11.9 Å². The van der Waals surface area contributed by atoms with Gasteiger partial charge in [-0.1, -0.05) is 56.3 Å². The van der Waals surface area contributed by atoms with Crippen molar-refractivity contribution in [2.75, 3.05) is 7.11 Å². The topological polar surface area (TPSA) is 47.6 Å². The van der Waals surface area contributed by atoms with E-state index in [4.69, 9.17) is 9.47 Å². The van der Waals surface area contributed by atoms with E-state index in [1.165, 1.54) is 0 Å². The lowest BCUT2D eigenvalue weighted by Crippen LogP contribution is -2.39. The minimum Gasteiger partial charge on any atom is -0.497 e. The van der Waals surface area contributed by atoms with Gasteiger partial charge in [-0.25, -0.2) is 0 Å². The first-order valence-corrected chi connectivity index (χ1v) is 9.74. The molecule has 0 unspecified atom stereocenters. The smallest absolute Gasteiger partial charge is 0.261 e. The second-order valence-electron chi connectivity index (χ2n) is 6.77. The first-order chi connectivity index (χ1) is 13.6. The molecule has 0 saturated carbocycles. The molecule has 0 radical (unpaired) electrons. The number of methoxy groups -OCH3 is 1. The zero-order valence-electron chi connectivity index (χ0n) is 16.6. The second-order valence-corrected chi connectivity index (χ2v) is 6.77. The first kappa shape index (κ1) is 19.7. The molecule has 0 aliphatic rings. The van der Waals surface area contributed by atoms with Crippen LogP contribution in [0.4, 0.5) is 0 Å². The predicted octanol–water partition coefficient (Wildman–Crippen LogP) is 5.27. The summed E-state index contributed by atoms with van der Waals surface area (Å²) in [4.78, 5) is 12.8. The summed E-state index contributed by atoms with van der Waals surface area (Å²) in [6, 6.07) is 21.7. The van der Waals surface area contributed by atoms with Gasteiger partial charge in [0.2, 0.25) is 0 Å². The Kier molecular flexibility index (Phi) is 6.53. The number of carbonyl (C=O) groups is 1. The van der Waals surface area contributed by atoms with Crippen LogP contribution in [0.25, 0.3) is 10.8 Å². The Bertz CT molecular complexity index is 921. The van der Waals surface area contributed by atoms with Crippen LogP contribution in [0.15, 0.2) is 66.7 Å². The van der Waals surface area contributed by atoms with E-state index in [1.54, 1.807) is 7.11 Å². The fourth-order valence-electron chi connectivity index (χ4n) is 3.25. The van der Waals surface area contributed by atoms with Crippen molar-refractivity contribution in [2.24, 2.45) is 0 Å². The minimum absolute atomic E-state index is 0.0624. The zero-order chi connectivity index (χ0) is 19.9. The maximum atomic E-state index is 12.8. The summed E-state index contributed by atoms with van der Waals surface area (Å²) in [6.07, 6.45) is 0.857. The summed E-state index contributed by atoms with van der Waals surface area (Å²) in [5.74, 6) is 1.41. The standard InChI is InChI=1S/C24H27NO3/c1-4-22(18-11-13-20(27-3)14-12-18)25-24(26)23(5-2)28-21-15-10-17-8-6-7-9-19(17)16-21/h6-16,22-23H,4-5H2,1-3H3,(H,25,26)/t22-,23-/m0/s1. The van der Waals surface area contributed by atoms with Crippen molar-refractivity contribution in [1.29, 1.82) is 0 Å². The third-order valence-corrected chi connectivity index (χ3v) is 4.91. The van der Waals surface area contributed by atoms with E-state index < -0.39 is 6.10 Å². The molecule has 0 aromatic heterocycles. The van der Waals surface area contributed by atoms with E-state index in [9.17, 15) is 4.79 Å². The van der Waals surface area contributed by atoms with E-state index in [2.05, 4.69) is 18.3 Å². The highest BCUT2D eigenvalue weighted by Crippen LogP contribution is 2.23. The van der Waals surface area contributed by atoms with E-state index >= 15 is 0 Å². The molecule has 2 atom stereocenters. The lowest BCUT2D eigenvalue weighted by molar-refractivity contribution is -0.128. The van der Waals surface area contributed by atoms with Crippen LogP contribution in [0.5, 0.6) is 11.5 Å². The molecule has 0 spiro atoms. The number of ether oxygens (including phenoxy) is 2. The molecule has 3 aromatic rings. The Hall–Kier alpha value is -3.01. The molecular formula is C24H27NO3. The molecule has 146 valence electrons. The molecule has 4 nitrogen and oxygen atoms in total. The Morgan fingerprint density at radius 2 is 1.57 bits per heavy atom. The highest BCUT2D eigenvalue weighted by atomic mass is 16.5. The molecule has 0 fully saturated rings. The van der Waals surface area contributed by atoms with E-state index in [0.29, 0.717) is 12.2 Å². The quantitative estimate of drug-likeness (QED) is 0.581. The SMILES string of the molecule is CC[C@H](Oc1ccc2ccccc2c1)C(=O)N[C@@H](CC)c1ccc(OC)cc1. The first-order valence-electron chi connectivity index (χ1n) is 9.74. The van der Waals surface area contributed by atoms with Crippen LogP contribution < -0.4 is 14.8 Å². The third kappa shape index (κ3) is 4.63. The maximum Gasteiger partial charge on any atom is 0.261 e. The van der Waals surface area contributed by atoms with Gasteiger partial charge in [0.15, 0.2) is 6.10 Å². The van der Waals surface area contributed by atoms with Crippen molar-refractivity contribution in [3.05, 3.63) is 72.3 Å². The average Bonchev–Trinajstić information content (AvgIpc) is 2.75. The molecule has 1 amide bonds. The van der Waals surface area contributed by atoms with Crippen molar-refractivity contribution in [3.8, 4) is 11.5 Å². The van der Waals surface area contributed by atoms with Crippen molar-refractivity contribution in [3.63, 3.8) is 0 Å². The van der Waals surface area contributed by atoms with Gasteiger partial charge in [-0.15, -0.1) is 0 Å². The molecule has 0 heterocycles. The third-order valence-electron chi connectivity index (χ3n) is 4.91. The van der Waals surface area contributed by atoms with Gasteiger partial charge in [-0.2, -0.15) is 0 Å². The van der Waals surface area contributed by atoms with Crippen LogP contribution >= 0.6 is 0 Å². The maximum absolute atomic E-state index is 12.8. The van der Waals surface area contributed by atoms with E-state index in [1.807, 2.05) is 67.6 Å².